The highest BCUT2D eigenvalue weighted by Crippen LogP contribution is 2.50. The molecule has 7 heteroatoms. The first-order valence-electron chi connectivity index (χ1n) is 10.4. The lowest BCUT2D eigenvalue weighted by molar-refractivity contribution is 0.153. The van der Waals surface area contributed by atoms with Crippen molar-refractivity contribution in [2.45, 2.75) is 51.7 Å². The second-order valence-electron chi connectivity index (χ2n) is 9.52. The van der Waals surface area contributed by atoms with Gasteiger partial charge in [-0.15, -0.1) is 0 Å². The molecule has 0 amide bonds. The molecule has 1 aromatic heterocycles. The van der Waals surface area contributed by atoms with Crippen molar-refractivity contribution in [2.24, 2.45) is 0 Å². The molecular weight excluding hydrogens is 412 g/mol. The lowest BCUT2D eigenvalue weighted by atomic mass is 9.81. The minimum absolute atomic E-state index is 0.108. The van der Waals surface area contributed by atoms with Crippen molar-refractivity contribution in [3.8, 4) is 40.1 Å². The number of benzene rings is 2. The number of hydrogen-bond acceptors (Lipinski definition) is 7. The molecule has 3 heterocycles. The van der Waals surface area contributed by atoms with Crippen LogP contribution in [0.15, 0.2) is 33.5 Å². The molecule has 0 bridgehead atoms. The predicted molar refractivity (Wildman–Crippen MR) is 120 cm³/mol. The summed E-state index contributed by atoms with van der Waals surface area (Å²) in [5, 5.41) is 31.7. The standard InChI is InChI=1S/C25H24O7/c1-11-25(4,5)18-16(30-11)10-14(26)17-19(28)20(29)22(31-23(17)18)13-8-12-6-7-24(2,3)32-21(12)15(27)9-13/h6-11,26-27,29H,1-5H3/t11-/m0/s1. The summed E-state index contributed by atoms with van der Waals surface area (Å²) in [5.41, 5.74) is -0.176. The first-order valence-corrected chi connectivity index (χ1v) is 10.4. The van der Waals surface area contributed by atoms with Gasteiger partial charge in [0.1, 0.15) is 34.2 Å². The Bertz CT molecular complexity index is 1390. The number of ether oxygens (including phenoxy) is 2. The Kier molecular flexibility index (Phi) is 3.94. The number of fused-ring (bicyclic) bond motifs is 4. The van der Waals surface area contributed by atoms with Crippen LogP contribution in [0.4, 0.5) is 0 Å². The van der Waals surface area contributed by atoms with Crippen LogP contribution in [-0.4, -0.2) is 27.0 Å². The molecule has 0 fully saturated rings. The van der Waals surface area contributed by atoms with E-state index in [1.54, 1.807) is 12.1 Å². The minimum Gasteiger partial charge on any atom is -0.507 e. The molecule has 166 valence electrons. The Morgan fingerprint density at radius 1 is 1.00 bits per heavy atom. The van der Waals surface area contributed by atoms with E-state index in [0.717, 1.165) is 0 Å². The largest absolute Gasteiger partial charge is 0.507 e. The molecule has 5 rings (SSSR count). The van der Waals surface area contributed by atoms with Gasteiger partial charge in [-0.1, -0.05) is 19.9 Å². The second-order valence-corrected chi connectivity index (χ2v) is 9.52. The van der Waals surface area contributed by atoms with Gasteiger partial charge in [-0.25, -0.2) is 0 Å². The first-order chi connectivity index (χ1) is 14.9. The Labute approximate surface area is 184 Å². The first kappa shape index (κ1) is 20.3. The van der Waals surface area contributed by atoms with Gasteiger partial charge >= 0.3 is 0 Å². The van der Waals surface area contributed by atoms with Crippen LogP contribution in [0.1, 0.15) is 45.7 Å². The topological polar surface area (TPSA) is 109 Å². The summed E-state index contributed by atoms with van der Waals surface area (Å²) in [7, 11) is 0. The normalized spacial score (nSPS) is 19.8. The molecule has 0 saturated carbocycles. The Hall–Kier alpha value is -3.61. The van der Waals surface area contributed by atoms with Crippen LogP contribution in [0.3, 0.4) is 0 Å². The average Bonchev–Trinajstić information content (AvgIpc) is 2.92. The van der Waals surface area contributed by atoms with Gasteiger partial charge in [-0.3, -0.25) is 4.79 Å². The summed E-state index contributed by atoms with van der Waals surface area (Å²) >= 11 is 0. The van der Waals surface area contributed by atoms with Gasteiger partial charge in [0.2, 0.25) is 11.2 Å². The monoisotopic (exact) mass is 436 g/mol. The molecule has 7 nitrogen and oxygen atoms in total. The summed E-state index contributed by atoms with van der Waals surface area (Å²) in [6.07, 6.45) is 3.44. The van der Waals surface area contributed by atoms with Crippen molar-refractivity contribution in [2.75, 3.05) is 0 Å². The molecule has 0 saturated heterocycles. The van der Waals surface area contributed by atoms with Gasteiger partial charge in [0.25, 0.3) is 0 Å². The quantitative estimate of drug-likeness (QED) is 0.502. The zero-order chi connectivity index (χ0) is 23.2. The maximum atomic E-state index is 13.1. The van der Waals surface area contributed by atoms with Gasteiger partial charge in [-0.2, -0.15) is 0 Å². The fourth-order valence-corrected chi connectivity index (χ4v) is 4.34. The average molecular weight is 436 g/mol. The predicted octanol–water partition coefficient (Wildman–Crippen LogP) is 4.82. The van der Waals surface area contributed by atoms with Gasteiger partial charge in [0.05, 0.1) is 0 Å². The van der Waals surface area contributed by atoms with E-state index in [1.807, 2.05) is 40.7 Å². The van der Waals surface area contributed by atoms with E-state index >= 15 is 0 Å². The molecule has 32 heavy (non-hydrogen) atoms. The highest BCUT2D eigenvalue weighted by atomic mass is 16.5. The SMILES string of the molecule is C[C@@H]1Oc2cc(O)c3c(=O)c(O)c(-c4cc(O)c5c(c4)C=CC(C)(C)O5)oc3c2C1(C)C. The second kappa shape index (κ2) is 6.22. The Morgan fingerprint density at radius 2 is 1.72 bits per heavy atom. The Morgan fingerprint density at radius 3 is 2.44 bits per heavy atom. The summed E-state index contributed by atoms with van der Waals surface area (Å²) in [6.45, 7) is 9.55. The van der Waals surface area contributed by atoms with E-state index in [2.05, 4.69) is 0 Å². The summed E-state index contributed by atoms with van der Waals surface area (Å²) in [6, 6.07) is 4.43. The maximum Gasteiger partial charge on any atom is 0.238 e. The molecule has 3 aromatic rings. The highest BCUT2D eigenvalue weighted by Gasteiger charge is 2.42. The van der Waals surface area contributed by atoms with E-state index in [9.17, 15) is 20.1 Å². The summed E-state index contributed by atoms with van der Waals surface area (Å²) in [5.74, 6) is -0.494. The van der Waals surface area contributed by atoms with E-state index in [-0.39, 0.29) is 34.3 Å². The number of phenolic OH excluding ortho intramolecular Hbond substituents is 2. The zero-order valence-electron chi connectivity index (χ0n) is 18.4. The third kappa shape index (κ3) is 2.70. The number of phenols is 2. The zero-order valence-corrected chi connectivity index (χ0v) is 18.4. The van der Waals surface area contributed by atoms with Crippen LogP contribution >= 0.6 is 0 Å². The molecule has 0 unspecified atom stereocenters. The number of hydrogen-bond donors (Lipinski definition) is 3. The van der Waals surface area contributed by atoms with Crippen molar-refractivity contribution in [1.82, 2.24) is 0 Å². The summed E-state index contributed by atoms with van der Waals surface area (Å²) in [4.78, 5) is 13.1. The smallest absolute Gasteiger partial charge is 0.238 e. The van der Waals surface area contributed by atoms with Crippen molar-refractivity contribution in [3.63, 3.8) is 0 Å². The van der Waals surface area contributed by atoms with E-state index in [4.69, 9.17) is 13.9 Å². The van der Waals surface area contributed by atoms with Crippen LogP contribution in [0.2, 0.25) is 0 Å². The third-order valence-electron chi connectivity index (χ3n) is 6.44. The fourth-order valence-electron chi connectivity index (χ4n) is 4.34. The lowest BCUT2D eigenvalue weighted by Crippen LogP contribution is -2.29. The lowest BCUT2D eigenvalue weighted by Gasteiger charge is -2.28. The molecule has 0 radical (unpaired) electrons. The van der Waals surface area contributed by atoms with Crippen LogP contribution < -0.4 is 14.9 Å². The minimum atomic E-state index is -0.762. The molecule has 0 spiro atoms. The van der Waals surface area contributed by atoms with Crippen molar-refractivity contribution >= 4 is 17.0 Å². The van der Waals surface area contributed by atoms with E-state index < -0.39 is 22.2 Å². The molecule has 2 aliphatic heterocycles. The molecule has 0 aliphatic carbocycles. The third-order valence-corrected chi connectivity index (χ3v) is 6.44. The molecule has 3 N–H and O–H groups in total. The van der Waals surface area contributed by atoms with Crippen molar-refractivity contribution in [1.29, 1.82) is 0 Å². The maximum absolute atomic E-state index is 13.1. The molecule has 2 aromatic carbocycles. The van der Waals surface area contributed by atoms with Crippen LogP contribution in [-0.2, 0) is 5.41 Å². The summed E-state index contributed by atoms with van der Waals surface area (Å²) < 4.78 is 17.8. The Balaban J connectivity index is 1.81. The van der Waals surface area contributed by atoms with Gasteiger partial charge in [0, 0.05) is 28.2 Å². The molecular formula is C25H24O7. The fraction of sp³-hybridized carbons (Fsp3) is 0.320. The van der Waals surface area contributed by atoms with E-state index in [1.165, 1.54) is 12.1 Å². The van der Waals surface area contributed by atoms with Gasteiger partial charge in [0.15, 0.2) is 17.3 Å². The molecule has 1 atom stereocenters. The number of aromatic hydroxyl groups is 3. The van der Waals surface area contributed by atoms with Crippen molar-refractivity contribution < 1.29 is 29.2 Å². The van der Waals surface area contributed by atoms with Crippen LogP contribution in [0, 0.1) is 0 Å². The highest BCUT2D eigenvalue weighted by molar-refractivity contribution is 5.92. The number of rotatable bonds is 1. The van der Waals surface area contributed by atoms with Gasteiger partial charge in [-0.05, 0) is 39.0 Å². The molecule has 2 aliphatic rings. The van der Waals surface area contributed by atoms with Crippen LogP contribution in [0.5, 0.6) is 28.7 Å². The van der Waals surface area contributed by atoms with Gasteiger partial charge < -0.3 is 29.2 Å². The van der Waals surface area contributed by atoms with Crippen molar-refractivity contribution in [3.05, 3.63) is 45.6 Å². The van der Waals surface area contributed by atoms with E-state index in [0.29, 0.717) is 28.2 Å². The van der Waals surface area contributed by atoms with Crippen LogP contribution in [0.25, 0.3) is 28.4 Å².